The van der Waals surface area contributed by atoms with E-state index in [9.17, 15) is 4.79 Å². The number of hydrogen-bond donors (Lipinski definition) is 1. The number of hydrogen-bond acceptors (Lipinski definition) is 2. The fourth-order valence-electron chi connectivity index (χ4n) is 2.95. The summed E-state index contributed by atoms with van der Waals surface area (Å²) in [5.74, 6) is 0.0416. The maximum absolute atomic E-state index is 12.7. The zero-order valence-corrected chi connectivity index (χ0v) is 15.0. The summed E-state index contributed by atoms with van der Waals surface area (Å²) >= 11 is 0. The van der Waals surface area contributed by atoms with Gasteiger partial charge in [-0.05, 0) is 37.2 Å². The van der Waals surface area contributed by atoms with Gasteiger partial charge < -0.3 is 10.2 Å². The summed E-state index contributed by atoms with van der Waals surface area (Å²) in [5, 5.41) is 3.14. The van der Waals surface area contributed by atoms with Crippen molar-refractivity contribution in [3.63, 3.8) is 0 Å². The molecule has 0 aliphatic carbocycles. The minimum atomic E-state index is -0.0720. The molecule has 0 fully saturated rings. The Labute approximate surface area is 145 Å². The highest BCUT2D eigenvalue weighted by molar-refractivity contribution is 5.83. The predicted molar refractivity (Wildman–Crippen MR) is 99.8 cm³/mol. The Morgan fingerprint density at radius 2 is 1.62 bits per heavy atom. The van der Waals surface area contributed by atoms with Crippen molar-refractivity contribution in [2.45, 2.75) is 38.8 Å². The Kier molecular flexibility index (Phi) is 7.01. The van der Waals surface area contributed by atoms with E-state index in [0.717, 1.165) is 24.9 Å². The molecule has 0 saturated heterocycles. The SMILES string of the molecule is CCCC(C(=O)NCc1ccccc1CN(C)C)c1ccccc1. The van der Waals surface area contributed by atoms with Crippen LogP contribution >= 0.6 is 0 Å². The highest BCUT2D eigenvalue weighted by Crippen LogP contribution is 2.21. The first kappa shape index (κ1) is 18.2. The molecule has 128 valence electrons. The number of amides is 1. The molecule has 0 radical (unpaired) electrons. The first-order chi connectivity index (χ1) is 11.6. The molecule has 24 heavy (non-hydrogen) atoms. The molecule has 2 aromatic rings. The smallest absolute Gasteiger partial charge is 0.227 e. The predicted octanol–water partition coefficient (Wildman–Crippen LogP) is 3.95. The maximum Gasteiger partial charge on any atom is 0.227 e. The van der Waals surface area contributed by atoms with E-state index in [1.54, 1.807) is 0 Å². The number of benzene rings is 2. The summed E-state index contributed by atoms with van der Waals surface area (Å²) < 4.78 is 0. The summed E-state index contributed by atoms with van der Waals surface area (Å²) in [5.41, 5.74) is 3.54. The van der Waals surface area contributed by atoms with Gasteiger partial charge in [0.05, 0.1) is 5.92 Å². The van der Waals surface area contributed by atoms with Crippen LogP contribution in [-0.4, -0.2) is 24.9 Å². The lowest BCUT2D eigenvalue weighted by Gasteiger charge is -2.18. The zero-order chi connectivity index (χ0) is 17.4. The van der Waals surface area contributed by atoms with E-state index in [2.05, 4.69) is 43.4 Å². The largest absolute Gasteiger partial charge is 0.351 e. The second-order valence-corrected chi connectivity index (χ2v) is 6.48. The summed E-state index contributed by atoms with van der Waals surface area (Å²) in [6.45, 7) is 3.58. The fraction of sp³-hybridized carbons (Fsp3) is 0.381. The van der Waals surface area contributed by atoms with Gasteiger partial charge in [0.1, 0.15) is 0 Å². The Balaban J connectivity index is 2.06. The molecule has 3 heteroatoms. The quantitative estimate of drug-likeness (QED) is 0.797. The van der Waals surface area contributed by atoms with Crippen LogP contribution in [0.4, 0.5) is 0 Å². The summed E-state index contributed by atoms with van der Waals surface area (Å²) in [6, 6.07) is 18.4. The molecule has 1 unspecified atom stereocenters. The molecule has 0 saturated carbocycles. The summed E-state index contributed by atoms with van der Waals surface area (Å²) in [4.78, 5) is 14.9. The molecule has 0 bridgehead atoms. The first-order valence-corrected chi connectivity index (χ1v) is 8.66. The lowest BCUT2D eigenvalue weighted by Crippen LogP contribution is -2.29. The molecule has 1 N–H and O–H groups in total. The van der Waals surface area contributed by atoms with Gasteiger partial charge in [-0.15, -0.1) is 0 Å². The van der Waals surface area contributed by atoms with Crippen LogP contribution in [-0.2, 0) is 17.9 Å². The monoisotopic (exact) mass is 324 g/mol. The third-order valence-corrected chi connectivity index (χ3v) is 4.15. The Morgan fingerprint density at radius 1 is 1.00 bits per heavy atom. The van der Waals surface area contributed by atoms with Crippen LogP contribution in [0.3, 0.4) is 0 Å². The molecular formula is C21H28N2O. The minimum Gasteiger partial charge on any atom is -0.351 e. The number of rotatable bonds is 8. The van der Waals surface area contributed by atoms with Crippen molar-refractivity contribution in [3.05, 3.63) is 71.3 Å². The highest BCUT2D eigenvalue weighted by atomic mass is 16.1. The second kappa shape index (κ2) is 9.24. The molecule has 0 spiro atoms. The van der Waals surface area contributed by atoms with Crippen molar-refractivity contribution in [3.8, 4) is 0 Å². The van der Waals surface area contributed by atoms with E-state index in [1.165, 1.54) is 11.1 Å². The van der Waals surface area contributed by atoms with Gasteiger partial charge in [-0.3, -0.25) is 4.79 Å². The van der Waals surface area contributed by atoms with Gasteiger partial charge in [0.25, 0.3) is 0 Å². The van der Waals surface area contributed by atoms with E-state index in [4.69, 9.17) is 0 Å². The Hall–Kier alpha value is -2.13. The van der Waals surface area contributed by atoms with Crippen LogP contribution in [0.5, 0.6) is 0 Å². The lowest BCUT2D eigenvalue weighted by molar-refractivity contribution is -0.122. The molecule has 0 heterocycles. The van der Waals surface area contributed by atoms with E-state index in [-0.39, 0.29) is 11.8 Å². The van der Waals surface area contributed by atoms with Crippen molar-refractivity contribution < 1.29 is 4.79 Å². The minimum absolute atomic E-state index is 0.0720. The number of nitrogens with one attached hydrogen (secondary N) is 1. The van der Waals surface area contributed by atoms with Crippen molar-refractivity contribution >= 4 is 5.91 Å². The van der Waals surface area contributed by atoms with E-state index < -0.39 is 0 Å². The van der Waals surface area contributed by atoms with Crippen LogP contribution in [0.15, 0.2) is 54.6 Å². The van der Waals surface area contributed by atoms with Crippen LogP contribution < -0.4 is 5.32 Å². The normalized spacial score (nSPS) is 12.2. The summed E-state index contributed by atoms with van der Waals surface area (Å²) in [6.07, 6.45) is 1.86. The molecule has 0 aromatic heterocycles. The summed E-state index contributed by atoms with van der Waals surface area (Å²) in [7, 11) is 4.12. The average Bonchev–Trinajstić information content (AvgIpc) is 2.59. The van der Waals surface area contributed by atoms with Crippen molar-refractivity contribution in [2.24, 2.45) is 0 Å². The molecular weight excluding hydrogens is 296 g/mol. The molecule has 2 aromatic carbocycles. The van der Waals surface area contributed by atoms with Gasteiger partial charge in [0.15, 0.2) is 0 Å². The fourth-order valence-corrected chi connectivity index (χ4v) is 2.95. The molecule has 0 aliphatic heterocycles. The van der Waals surface area contributed by atoms with Gasteiger partial charge >= 0.3 is 0 Å². The van der Waals surface area contributed by atoms with Crippen molar-refractivity contribution in [1.82, 2.24) is 10.2 Å². The second-order valence-electron chi connectivity index (χ2n) is 6.48. The molecule has 3 nitrogen and oxygen atoms in total. The standard InChI is InChI=1S/C21H28N2O/c1-4-10-20(17-11-6-5-7-12-17)21(24)22-15-18-13-8-9-14-19(18)16-23(2)3/h5-9,11-14,20H,4,10,15-16H2,1-3H3,(H,22,24). The average molecular weight is 324 g/mol. The Bertz CT molecular complexity index is 637. The van der Waals surface area contributed by atoms with Gasteiger partial charge in [-0.25, -0.2) is 0 Å². The molecule has 2 rings (SSSR count). The van der Waals surface area contributed by atoms with Crippen molar-refractivity contribution in [2.75, 3.05) is 14.1 Å². The zero-order valence-electron chi connectivity index (χ0n) is 15.0. The number of carbonyl (C=O) groups excluding carboxylic acids is 1. The van der Waals surface area contributed by atoms with Gasteiger partial charge in [-0.2, -0.15) is 0 Å². The van der Waals surface area contributed by atoms with Gasteiger partial charge in [0.2, 0.25) is 5.91 Å². The lowest BCUT2D eigenvalue weighted by atomic mass is 9.93. The van der Waals surface area contributed by atoms with Crippen LogP contribution in [0, 0.1) is 0 Å². The third-order valence-electron chi connectivity index (χ3n) is 4.15. The van der Waals surface area contributed by atoms with E-state index in [1.807, 2.05) is 42.5 Å². The van der Waals surface area contributed by atoms with E-state index >= 15 is 0 Å². The molecule has 0 aliphatic rings. The number of nitrogens with zero attached hydrogens (tertiary/aromatic N) is 1. The number of carbonyl (C=O) groups is 1. The maximum atomic E-state index is 12.7. The van der Waals surface area contributed by atoms with Crippen LogP contribution in [0.1, 0.15) is 42.4 Å². The van der Waals surface area contributed by atoms with Crippen LogP contribution in [0.25, 0.3) is 0 Å². The molecule has 1 amide bonds. The molecule has 1 atom stereocenters. The Morgan fingerprint density at radius 3 is 2.25 bits per heavy atom. The van der Waals surface area contributed by atoms with E-state index in [0.29, 0.717) is 6.54 Å². The highest BCUT2D eigenvalue weighted by Gasteiger charge is 2.19. The van der Waals surface area contributed by atoms with Crippen LogP contribution in [0.2, 0.25) is 0 Å². The topological polar surface area (TPSA) is 32.3 Å². The van der Waals surface area contributed by atoms with Gasteiger partial charge in [-0.1, -0.05) is 67.9 Å². The van der Waals surface area contributed by atoms with Crippen molar-refractivity contribution in [1.29, 1.82) is 0 Å². The third kappa shape index (κ3) is 5.20. The first-order valence-electron chi connectivity index (χ1n) is 8.66. The van der Waals surface area contributed by atoms with Gasteiger partial charge in [0, 0.05) is 13.1 Å².